The van der Waals surface area contributed by atoms with Crippen LogP contribution in [0, 0.1) is 0 Å². The van der Waals surface area contributed by atoms with Gasteiger partial charge in [0, 0.05) is 52.0 Å². The average Bonchev–Trinajstić information content (AvgIpc) is 3.57. The van der Waals surface area contributed by atoms with Gasteiger partial charge in [0.25, 0.3) is 0 Å². The third kappa shape index (κ3) is 3.33. The van der Waals surface area contributed by atoms with Crippen LogP contribution in [-0.2, 0) is 16.8 Å². The van der Waals surface area contributed by atoms with E-state index in [1.165, 1.54) is 0 Å². The van der Waals surface area contributed by atoms with Crippen molar-refractivity contribution < 1.29 is 9.59 Å². The van der Waals surface area contributed by atoms with Crippen molar-refractivity contribution >= 4 is 28.4 Å². The zero-order valence-corrected chi connectivity index (χ0v) is 20.2. The number of rotatable bonds is 5. The first-order valence-electron chi connectivity index (χ1n) is 11.9. The molecular formula is C30H26N4O2. The fourth-order valence-electron chi connectivity index (χ4n) is 5.33. The number of primary amides is 1. The lowest BCUT2D eigenvalue weighted by molar-refractivity contribution is -0.122. The van der Waals surface area contributed by atoms with E-state index in [2.05, 4.69) is 4.98 Å². The Labute approximate surface area is 209 Å². The number of benzene rings is 3. The van der Waals surface area contributed by atoms with Gasteiger partial charge in [-0.2, -0.15) is 0 Å². The minimum Gasteiger partial charge on any atom is -0.366 e. The van der Waals surface area contributed by atoms with E-state index in [1.807, 2.05) is 104 Å². The molecule has 3 heterocycles. The van der Waals surface area contributed by atoms with Crippen molar-refractivity contribution in [3.8, 4) is 16.8 Å². The average molecular weight is 475 g/mol. The summed E-state index contributed by atoms with van der Waals surface area (Å²) < 4.78 is 2.04. The fraction of sp³-hybridized carbons (Fsp3) is 0.133. The molecular weight excluding hydrogens is 448 g/mol. The third-order valence-electron chi connectivity index (χ3n) is 7.13. The molecule has 178 valence electrons. The number of H-pyrrole nitrogens is 1. The minimum atomic E-state index is -0.777. The van der Waals surface area contributed by atoms with Crippen LogP contribution in [0.4, 0.5) is 5.69 Å². The Hall–Kier alpha value is -4.58. The maximum Gasteiger partial charge on any atom is 0.248 e. The van der Waals surface area contributed by atoms with Crippen LogP contribution in [0.3, 0.4) is 0 Å². The van der Waals surface area contributed by atoms with Crippen molar-refractivity contribution in [2.75, 3.05) is 4.90 Å². The first-order chi connectivity index (χ1) is 17.3. The Morgan fingerprint density at radius 1 is 0.972 bits per heavy atom. The van der Waals surface area contributed by atoms with Gasteiger partial charge in [-0.3, -0.25) is 9.59 Å². The van der Waals surface area contributed by atoms with Gasteiger partial charge in [0.1, 0.15) is 0 Å². The summed E-state index contributed by atoms with van der Waals surface area (Å²) in [4.78, 5) is 31.3. The number of carbonyl (C=O) groups excluding carboxylic acids is 2. The Balaban J connectivity index is 1.49. The Morgan fingerprint density at radius 3 is 2.50 bits per heavy atom. The van der Waals surface area contributed by atoms with E-state index in [0.717, 1.165) is 44.5 Å². The fourth-order valence-corrected chi connectivity index (χ4v) is 5.33. The number of fused-ring (bicyclic) bond motifs is 2. The molecule has 0 unspecified atom stereocenters. The summed E-state index contributed by atoms with van der Waals surface area (Å²) in [5.74, 6) is -0.529. The van der Waals surface area contributed by atoms with E-state index in [0.29, 0.717) is 12.1 Å². The molecule has 0 fully saturated rings. The summed E-state index contributed by atoms with van der Waals surface area (Å²) in [5.41, 5.74) is 11.8. The van der Waals surface area contributed by atoms with Crippen molar-refractivity contribution in [1.82, 2.24) is 9.55 Å². The van der Waals surface area contributed by atoms with Gasteiger partial charge in [-0.1, -0.05) is 36.4 Å². The van der Waals surface area contributed by atoms with Crippen molar-refractivity contribution in [3.63, 3.8) is 0 Å². The van der Waals surface area contributed by atoms with Gasteiger partial charge in [0.15, 0.2) is 0 Å². The molecule has 5 aromatic rings. The number of carbonyl (C=O) groups is 2. The molecule has 6 heteroatoms. The molecule has 0 saturated heterocycles. The number of amides is 2. The van der Waals surface area contributed by atoms with Crippen LogP contribution in [0.25, 0.3) is 27.7 Å². The summed E-state index contributed by atoms with van der Waals surface area (Å²) in [6.45, 7) is 4.29. The standard InChI is InChI=1S/C30H26N4O2/c1-30(2)27-23(24-16-32-25-11-7-6-10-22(24)25)14-20(28(31)35)15-26(27)34(29(30)36)18-19-12-13-33(17-19)21-8-4-3-5-9-21/h3-17,32H,18H2,1-2H3,(H2,31,35). The second-order valence-electron chi connectivity index (χ2n) is 9.81. The highest BCUT2D eigenvalue weighted by atomic mass is 16.2. The van der Waals surface area contributed by atoms with Crippen LogP contribution in [0.15, 0.2) is 91.4 Å². The topological polar surface area (TPSA) is 84.1 Å². The highest BCUT2D eigenvalue weighted by Gasteiger charge is 2.46. The molecule has 0 atom stereocenters. The van der Waals surface area contributed by atoms with Gasteiger partial charge in [-0.05, 0) is 66.9 Å². The molecule has 6 nitrogen and oxygen atoms in total. The number of aromatic nitrogens is 2. The maximum absolute atomic E-state index is 13.8. The number of hydrogen-bond acceptors (Lipinski definition) is 2. The second kappa shape index (κ2) is 7.99. The van der Waals surface area contributed by atoms with Crippen molar-refractivity contribution in [2.24, 2.45) is 5.73 Å². The molecule has 2 aromatic heterocycles. The van der Waals surface area contributed by atoms with E-state index in [9.17, 15) is 9.59 Å². The summed E-state index contributed by atoms with van der Waals surface area (Å²) in [5, 5.41) is 1.03. The van der Waals surface area contributed by atoms with Gasteiger partial charge in [0.05, 0.1) is 12.0 Å². The highest BCUT2D eigenvalue weighted by molar-refractivity contribution is 6.13. The quantitative estimate of drug-likeness (QED) is 0.350. The predicted molar refractivity (Wildman–Crippen MR) is 142 cm³/mol. The van der Waals surface area contributed by atoms with Gasteiger partial charge in [0.2, 0.25) is 11.8 Å². The van der Waals surface area contributed by atoms with Crippen molar-refractivity contribution in [2.45, 2.75) is 25.8 Å². The zero-order valence-electron chi connectivity index (χ0n) is 20.2. The molecule has 0 aliphatic carbocycles. The molecule has 0 saturated carbocycles. The molecule has 3 aromatic carbocycles. The Kier molecular flexibility index (Phi) is 4.86. The van der Waals surface area contributed by atoms with Crippen molar-refractivity contribution in [1.29, 1.82) is 0 Å². The smallest absolute Gasteiger partial charge is 0.248 e. The first-order valence-corrected chi connectivity index (χ1v) is 11.9. The van der Waals surface area contributed by atoms with Crippen LogP contribution in [0.1, 0.15) is 35.3 Å². The van der Waals surface area contributed by atoms with Crippen molar-refractivity contribution in [3.05, 3.63) is 108 Å². The highest BCUT2D eigenvalue weighted by Crippen LogP contribution is 2.49. The lowest BCUT2D eigenvalue weighted by Crippen LogP contribution is -2.35. The molecule has 2 amide bonds. The van der Waals surface area contributed by atoms with Crippen LogP contribution >= 0.6 is 0 Å². The number of nitrogens with zero attached hydrogens (tertiary/aromatic N) is 2. The van der Waals surface area contributed by atoms with Gasteiger partial charge in [-0.15, -0.1) is 0 Å². The number of para-hydroxylation sites is 2. The maximum atomic E-state index is 13.8. The summed E-state index contributed by atoms with van der Waals surface area (Å²) >= 11 is 0. The number of aromatic amines is 1. The van der Waals surface area contributed by atoms with E-state index >= 15 is 0 Å². The Bertz CT molecular complexity index is 1640. The normalized spacial score (nSPS) is 14.4. The number of nitrogens with one attached hydrogen (secondary N) is 1. The van der Waals surface area contributed by atoms with Crippen LogP contribution < -0.4 is 10.6 Å². The molecule has 36 heavy (non-hydrogen) atoms. The molecule has 0 bridgehead atoms. The molecule has 1 aliphatic heterocycles. The first kappa shape index (κ1) is 21.9. The lowest BCUT2D eigenvalue weighted by Gasteiger charge is -2.20. The molecule has 3 N–H and O–H groups in total. The predicted octanol–water partition coefficient (Wildman–Crippen LogP) is 5.55. The van der Waals surface area contributed by atoms with E-state index < -0.39 is 11.3 Å². The summed E-state index contributed by atoms with van der Waals surface area (Å²) in [6, 6.07) is 23.7. The molecule has 6 rings (SSSR count). The number of hydrogen-bond donors (Lipinski definition) is 2. The zero-order chi connectivity index (χ0) is 25.0. The van der Waals surface area contributed by atoms with Crippen LogP contribution in [-0.4, -0.2) is 21.4 Å². The van der Waals surface area contributed by atoms with Gasteiger partial charge >= 0.3 is 0 Å². The van der Waals surface area contributed by atoms with Crippen LogP contribution in [0.2, 0.25) is 0 Å². The van der Waals surface area contributed by atoms with Crippen LogP contribution in [0.5, 0.6) is 0 Å². The molecule has 1 aliphatic rings. The summed E-state index contributed by atoms with van der Waals surface area (Å²) in [6.07, 6.45) is 5.97. The SMILES string of the molecule is CC1(C)C(=O)N(Cc2ccn(-c3ccccc3)c2)c2cc(C(N)=O)cc(-c3c[nH]c4ccccc34)c21. The summed E-state index contributed by atoms with van der Waals surface area (Å²) in [7, 11) is 0. The van der Waals surface area contributed by atoms with E-state index in [1.54, 1.807) is 11.0 Å². The Morgan fingerprint density at radius 2 is 1.72 bits per heavy atom. The monoisotopic (exact) mass is 474 g/mol. The number of anilines is 1. The van der Waals surface area contributed by atoms with E-state index in [-0.39, 0.29) is 5.91 Å². The molecule has 0 spiro atoms. The number of nitrogens with two attached hydrogens (primary N) is 1. The van der Waals surface area contributed by atoms with Gasteiger partial charge in [-0.25, -0.2) is 0 Å². The third-order valence-corrected chi connectivity index (χ3v) is 7.13. The largest absolute Gasteiger partial charge is 0.366 e. The second-order valence-corrected chi connectivity index (χ2v) is 9.81. The van der Waals surface area contributed by atoms with E-state index in [4.69, 9.17) is 5.73 Å². The lowest BCUT2D eigenvalue weighted by atomic mass is 9.80. The molecule has 0 radical (unpaired) electrons. The minimum absolute atomic E-state index is 0.00678. The van der Waals surface area contributed by atoms with Gasteiger partial charge < -0.3 is 20.2 Å².